The highest BCUT2D eigenvalue weighted by atomic mass is 127. The Kier molecular flexibility index (Phi) is 5.24. The smallest absolute Gasteiger partial charge is 0.0643 e. The number of nitrogens with zero attached hydrogens (tertiary/aromatic N) is 2. The highest BCUT2D eigenvalue weighted by Crippen LogP contribution is 2.25. The summed E-state index contributed by atoms with van der Waals surface area (Å²) in [5.41, 5.74) is 2.29. The predicted molar refractivity (Wildman–Crippen MR) is 87.5 cm³/mol. The molecule has 2 aromatic rings. The molecule has 0 radical (unpaired) electrons. The minimum atomic E-state index is 0.245. The first-order chi connectivity index (χ1) is 9.10. The number of likely N-dealkylation sites (N-methyl/N-ethyl adjacent to an activating group) is 1. The fourth-order valence-electron chi connectivity index (χ4n) is 2.06. The average Bonchev–Trinajstić information content (AvgIpc) is 2.78. The Morgan fingerprint density at radius 1 is 1.42 bits per heavy atom. The van der Waals surface area contributed by atoms with Crippen LogP contribution in [0.3, 0.4) is 0 Å². The Bertz CT molecular complexity index is 553. The lowest BCUT2D eigenvalue weighted by molar-refractivity contribution is 0.539. The van der Waals surface area contributed by atoms with Gasteiger partial charge in [-0.2, -0.15) is 5.10 Å². The molecule has 1 aromatic heterocycles. The summed E-state index contributed by atoms with van der Waals surface area (Å²) in [6, 6.07) is 8.53. The van der Waals surface area contributed by atoms with Gasteiger partial charge in [-0.1, -0.05) is 24.6 Å². The lowest BCUT2D eigenvalue weighted by Gasteiger charge is -2.18. The largest absolute Gasteiger partial charge is 0.310 e. The molecule has 1 heterocycles. The van der Waals surface area contributed by atoms with Gasteiger partial charge >= 0.3 is 0 Å². The van der Waals surface area contributed by atoms with Gasteiger partial charge in [-0.3, -0.25) is 4.68 Å². The van der Waals surface area contributed by atoms with Gasteiger partial charge < -0.3 is 5.32 Å². The summed E-state index contributed by atoms with van der Waals surface area (Å²) in [5, 5.41) is 8.74. The number of halogens is 2. The Morgan fingerprint density at radius 2 is 2.21 bits per heavy atom. The van der Waals surface area contributed by atoms with E-state index in [9.17, 15) is 0 Å². The fraction of sp³-hybridized carbons (Fsp3) is 0.357. The van der Waals surface area contributed by atoms with E-state index >= 15 is 0 Å². The Hall–Kier alpha value is -0.590. The number of hydrogen-bond donors (Lipinski definition) is 1. The summed E-state index contributed by atoms with van der Waals surface area (Å²) in [6.07, 6.45) is 2.84. The molecule has 0 spiro atoms. The van der Waals surface area contributed by atoms with Crippen molar-refractivity contribution in [1.29, 1.82) is 0 Å². The topological polar surface area (TPSA) is 29.9 Å². The zero-order valence-corrected chi connectivity index (χ0v) is 13.9. The van der Waals surface area contributed by atoms with E-state index in [0.29, 0.717) is 0 Å². The molecule has 1 unspecified atom stereocenters. The van der Waals surface area contributed by atoms with Crippen molar-refractivity contribution in [3.05, 3.63) is 50.3 Å². The molecule has 2 rings (SSSR count). The van der Waals surface area contributed by atoms with Crippen LogP contribution in [0, 0.1) is 3.57 Å². The molecule has 0 aliphatic rings. The van der Waals surface area contributed by atoms with E-state index in [0.717, 1.165) is 27.3 Å². The Labute approximate surface area is 132 Å². The van der Waals surface area contributed by atoms with Gasteiger partial charge in [-0.05, 0) is 52.9 Å². The molecule has 5 heteroatoms. The van der Waals surface area contributed by atoms with E-state index in [1.807, 2.05) is 24.0 Å². The van der Waals surface area contributed by atoms with Crippen LogP contribution < -0.4 is 5.32 Å². The van der Waals surface area contributed by atoms with E-state index in [-0.39, 0.29) is 6.04 Å². The van der Waals surface area contributed by atoms with Gasteiger partial charge in [-0.15, -0.1) is 0 Å². The molecule has 3 nitrogen and oxygen atoms in total. The number of benzene rings is 1. The average molecular weight is 390 g/mol. The van der Waals surface area contributed by atoms with Crippen molar-refractivity contribution in [3.8, 4) is 0 Å². The molecule has 0 fully saturated rings. The van der Waals surface area contributed by atoms with Crippen molar-refractivity contribution in [2.45, 2.75) is 19.4 Å². The first-order valence-corrected chi connectivity index (χ1v) is 7.72. The number of hydrogen-bond acceptors (Lipinski definition) is 2. The molecule has 19 heavy (non-hydrogen) atoms. The quantitative estimate of drug-likeness (QED) is 0.792. The normalized spacial score (nSPS) is 12.6. The first kappa shape index (κ1) is 14.8. The van der Waals surface area contributed by atoms with Crippen LogP contribution in [0.1, 0.15) is 24.2 Å². The van der Waals surface area contributed by atoms with Crippen LogP contribution in [0.2, 0.25) is 5.02 Å². The van der Waals surface area contributed by atoms with Crippen molar-refractivity contribution in [1.82, 2.24) is 15.1 Å². The second kappa shape index (κ2) is 6.72. The van der Waals surface area contributed by atoms with Crippen LogP contribution in [0.25, 0.3) is 0 Å². The molecule has 0 saturated carbocycles. The number of aryl methyl sites for hydroxylation is 1. The van der Waals surface area contributed by atoms with Crippen molar-refractivity contribution in [3.63, 3.8) is 0 Å². The minimum Gasteiger partial charge on any atom is -0.310 e. The van der Waals surface area contributed by atoms with Crippen LogP contribution in [0.15, 0.2) is 30.5 Å². The highest BCUT2D eigenvalue weighted by Gasteiger charge is 2.13. The lowest BCUT2D eigenvalue weighted by Crippen LogP contribution is -2.23. The summed E-state index contributed by atoms with van der Waals surface area (Å²) in [5.74, 6) is 0. The third-order valence-corrected chi connectivity index (χ3v) is 4.55. The second-order valence-electron chi connectivity index (χ2n) is 4.47. The third kappa shape index (κ3) is 3.94. The van der Waals surface area contributed by atoms with Gasteiger partial charge in [-0.25, -0.2) is 0 Å². The van der Waals surface area contributed by atoms with Crippen LogP contribution in [0.5, 0.6) is 0 Å². The van der Waals surface area contributed by atoms with E-state index in [2.05, 4.69) is 58.1 Å². The monoisotopic (exact) mass is 389 g/mol. The zero-order valence-electron chi connectivity index (χ0n) is 11.0. The van der Waals surface area contributed by atoms with Crippen LogP contribution in [-0.2, 0) is 13.5 Å². The maximum Gasteiger partial charge on any atom is 0.0643 e. The van der Waals surface area contributed by atoms with Crippen LogP contribution in [-0.4, -0.2) is 16.3 Å². The van der Waals surface area contributed by atoms with E-state index in [1.165, 1.54) is 5.56 Å². The molecule has 1 atom stereocenters. The highest BCUT2D eigenvalue weighted by molar-refractivity contribution is 14.1. The number of rotatable bonds is 5. The molecule has 1 aromatic carbocycles. The van der Waals surface area contributed by atoms with E-state index in [4.69, 9.17) is 11.6 Å². The van der Waals surface area contributed by atoms with Crippen LogP contribution in [0.4, 0.5) is 0 Å². The molecule has 1 N–H and O–H groups in total. The maximum absolute atomic E-state index is 6.21. The molecule has 0 bridgehead atoms. The summed E-state index contributed by atoms with van der Waals surface area (Å²) < 4.78 is 2.91. The van der Waals surface area contributed by atoms with Gasteiger partial charge in [0.1, 0.15) is 0 Å². The van der Waals surface area contributed by atoms with Gasteiger partial charge in [0.05, 0.1) is 10.7 Å². The molecule has 0 saturated heterocycles. The van der Waals surface area contributed by atoms with Gasteiger partial charge in [0.25, 0.3) is 0 Å². The molecule has 102 valence electrons. The van der Waals surface area contributed by atoms with E-state index in [1.54, 1.807) is 0 Å². The predicted octanol–water partition coefficient (Wildman–Crippen LogP) is 3.57. The standard InChI is InChI=1S/C14H17ClIN3/c1-3-17-14(9-11-6-7-19(2)18-11)10-4-5-13(16)12(15)8-10/h4-8,14,17H,3,9H2,1-2H3. The fourth-order valence-corrected chi connectivity index (χ4v) is 2.59. The zero-order chi connectivity index (χ0) is 13.8. The SMILES string of the molecule is CCNC(Cc1ccn(C)n1)c1ccc(I)c(Cl)c1. The summed E-state index contributed by atoms with van der Waals surface area (Å²) >= 11 is 8.45. The Morgan fingerprint density at radius 3 is 2.79 bits per heavy atom. The number of nitrogens with one attached hydrogen (secondary N) is 1. The number of aromatic nitrogens is 2. The second-order valence-corrected chi connectivity index (χ2v) is 6.04. The lowest BCUT2D eigenvalue weighted by atomic mass is 10.0. The molecule has 0 amide bonds. The van der Waals surface area contributed by atoms with Gasteiger partial charge in [0, 0.05) is 29.3 Å². The summed E-state index contributed by atoms with van der Waals surface area (Å²) in [6.45, 7) is 3.03. The maximum atomic E-state index is 6.21. The molecular formula is C14H17ClIN3. The van der Waals surface area contributed by atoms with Crippen molar-refractivity contribution < 1.29 is 0 Å². The van der Waals surface area contributed by atoms with Gasteiger partial charge in [0.15, 0.2) is 0 Å². The molecular weight excluding hydrogens is 373 g/mol. The molecule has 0 aliphatic heterocycles. The Balaban J connectivity index is 2.21. The molecule has 0 aliphatic carbocycles. The minimum absolute atomic E-state index is 0.245. The van der Waals surface area contributed by atoms with Crippen molar-refractivity contribution in [2.24, 2.45) is 7.05 Å². The van der Waals surface area contributed by atoms with Crippen molar-refractivity contribution >= 4 is 34.2 Å². The summed E-state index contributed by atoms with van der Waals surface area (Å²) in [7, 11) is 1.94. The third-order valence-electron chi connectivity index (χ3n) is 2.98. The van der Waals surface area contributed by atoms with Crippen molar-refractivity contribution in [2.75, 3.05) is 6.54 Å². The first-order valence-electron chi connectivity index (χ1n) is 6.27. The van der Waals surface area contributed by atoms with Crippen LogP contribution >= 0.6 is 34.2 Å². The summed E-state index contributed by atoms with van der Waals surface area (Å²) in [4.78, 5) is 0. The van der Waals surface area contributed by atoms with Gasteiger partial charge in [0.2, 0.25) is 0 Å². The van der Waals surface area contributed by atoms with E-state index < -0.39 is 0 Å².